The maximum atomic E-state index is 2.53. The summed E-state index contributed by atoms with van der Waals surface area (Å²) >= 11 is 1.89. The van der Waals surface area contributed by atoms with Crippen LogP contribution >= 0.6 is 11.8 Å². The van der Waals surface area contributed by atoms with E-state index in [4.69, 9.17) is 0 Å². The quantitative estimate of drug-likeness (QED) is 0.164. The Kier molecular flexibility index (Phi) is 8.77. The monoisotopic (exact) mass is 882 g/mol. The van der Waals surface area contributed by atoms with Gasteiger partial charge in [-0.25, -0.2) is 0 Å². The summed E-state index contributed by atoms with van der Waals surface area (Å²) < 4.78 is 2.45. The summed E-state index contributed by atoms with van der Waals surface area (Å²) in [5, 5.41) is 5.00. The maximum absolute atomic E-state index is 2.53. The number of hydrogen-bond donors (Lipinski definition) is 0. The van der Waals surface area contributed by atoms with Gasteiger partial charge in [-0.05, 0) is 116 Å². The van der Waals surface area contributed by atoms with E-state index in [1.807, 2.05) is 11.8 Å². The van der Waals surface area contributed by atoms with Crippen molar-refractivity contribution in [1.29, 1.82) is 0 Å². The summed E-state index contributed by atoms with van der Waals surface area (Å²) in [7, 11) is 0. The van der Waals surface area contributed by atoms with Gasteiger partial charge in [0.05, 0.1) is 27.8 Å². The van der Waals surface area contributed by atoms with Crippen LogP contribution in [0.2, 0.25) is 0 Å². The van der Waals surface area contributed by atoms with Gasteiger partial charge in [-0.2, -0.15) is 0 Å². The van der Waals surface area contributed by atoms with E-state index in [0.717, 1.165) is 28.3 Å². The predicted molar refractivity (Wildman–Crippen MR) is 285 cm³/mol. The zero-order valence-electron chi connectivity index (χ0n) is 37.1. The van der Waals surface area contributed by atoms with Crippen LogP contribution in [0, 0.1) is 0 Å². The molecule has 0 radical (unpaired) electrons. The van der Waals surface area contributed by atoms with Gasteiger partial charge < -0.3 is 9.47 Å². The topological polar surface area (TPSA) is 8.17 Å². The Morgan fingerprint density at radius 2 is 0.912 bits per heavy atom. The van der Waals surface area contributed by atoms with Gasteiger partial charge in [0.2, 0.25) is 0 Å². The van der Waals surface area contributed by atoms with E-state index < -0.39 is 5.41 Å². The second-order valence-electron chi connectivity index (χ2n) is 17.9. The molecule has 3 heteroatoms. The Labute approximate surface area is 400 Å². The summed E-state index contributed by atoms with van der Waals surface area (Å²) in [5.41, 5.74) is 18.8. The summed E-state index contributed by atoms with van der Waals surface area (Å²) in [4.78, 5) is 5.10. The number of aromatic nitrogens is 1. The Morgan fingerprint density at radius 3 is 1.69 bits per heavy atom. The van der Waals surface area contributed by atoms with Gasteiger partial charge in [-0.15, -0.1) is 0 Å². The van der Waals surface area contributed by atoms with E-state index in [9.17, 15) is 0 Å². The smallest absolute Gasteiger partial charge is 0.0736 e. The van der Waals surface area contributed by atoms with E-state index in [1.165, 1.54) is 92.5 Å². The zero-order chi connectivity index (χ0) is 44.8. The van der Waals surface area contributed by atoms with Crippen molar-refractivity contribution in [3.63, 3.8) is 0 Å². The van der Waals surface area contributed by atoms with Crippen LogP contribution in [0.5, 0.6) is 0 Å². The summed E-state index contributed by atoms with van der Waals surface area (Å²) in [6.07, 6.45) is 0. The zero-order valence-corrected chi connectivity index (χ0v) is 37.9. The first kappa shape index (κ1) is 38.9. The average Bonchev–Trinajstić information content (AvgIpc) is 3.74. The molecule has 0 N–H and O–H groups in total. The first-order chi connectivity index (χ1) is 33.8. The molecular weight excluding hydrogens is 841 g/mol. The SMILES string of the molecule is c1ccc(-c2ccccc2N(c2ccc3c(c2)C2(c4ccccc4Sc4ccccc42)c2cccc4cccc-3c24)c2ccc3c(c2)c2ccccc2n3-c2ccccc2-c2ccccc2)cc1. The highest BCUT2D eigenvalue weighted by atomic mass is 32.2. The molecule has 2 nitrogen and oxygen atoms in total. The molecule has 14 rings (SSSR count). The van der Waals surface area contributed by atoms with Crippen molar-refractivity contribution in [3.05, 3.63) is 277 Å². The lowest BCUT2D eigenvalue weighted by Gasteiger charge is -2.46. The number of benzene rings is 11. The van der Waals surface area contributed by atoms with E-state index in [1.54, 1.807) is 0 Å². The Balaban J connectivity index is 1.07. The second kappa shape index (κ2) is 15.4. The summed E-state index contributed by atoms with van der Waals surface area (Å²) in [5.74, 6) is 0. The van der Waals surface area contributed by atoms with Crippen molar-refractivity contribution in [2.45, 2.75) is 15.2 Å². The molecule has 2 aliphatic rings. The van der Waals surface area contributed by atoms with E-state index >= 15 is 0 Å². The highest BCUT2D eigenvalue weighted by Crippen LogP contribution is 2.62. The molecule has 68 heavy (non-hydrogen) atoms. The molecule has 0 amide bonds. The van der Waals surface area contributed by atoms with Gasteiger partial charge in [0.1, 0.15) is 0 Å². The molecule has 2 heterocycles. The van der Waals surface area contributed by atoms with Crippen LogP contribution in [0.3, 0.4) is 0 Å². The van der Waals surface area contributed by atoms with Gasteiger partial charge >= 0.3 is 0 Å². The fourth-order valence-electron chi connectivity index (χ4n) is 11.7. The van der Waals surface area contributed by atoms with Gasteiger partial charge in [-0.3, -0.25) is 0 Å². The molecule has 0 fully saturated rings. The second-order valence-corrected chi connectivity index (χ2v) is 19.0. The Bertz CT molecular complexity index is 3910. The molecule has 1 aliphatic heterocycles. The minimum atomic E-state index is -0.578. The molecule has 0 unspecified atom stereocenters. The third-order valence-corrected chi connectivity index (χ3v) is 15.6. The fraction of sp³-hybridized carbons (Fsp3) is 0.0154. The van der Waals surface area contributed by atoms with Gasteiger partial charge in [0.25, 0.3) is 0 Å². The Hall–Kier alpha value is -8.37. The van der Waals surface area contributed by atoms with Crippen LogP contribution in [0.15, 0.2) is 265 Å². The average molecular weight is 883 g/mol. The summed E-state index contributed by atoms with van der Waals surface area (Å²) in [6, 6.07) is 94.5. The number of para-hydroxylation sites is 3. The lowest BCUT2D eigenvalue weighted by Crippen LogP contribution is -2.36. The molecular formula is C65H42N2S. The van der Waals surface area contributed by atoms with Crippen molar-refractivity contribution in [2.24, 2.45) is 0 Å². The van der Waals surface area contributed by atoms with Crippen molar-refractivity contribution in [1.82, 2.24) is 4.57 Å². The predicted octanol–water partition coefficient (Wildman–Crippen LogP) is 17.6. The third-order valence-electron chi connectivity index (χ3n) is 14.4. The standard InChI is InChI=1S/C65H42N2S/c1-3-19-43(20-4-1)48-25-7-12-32-58(48)66(46-38-40-61-53(41-46)51-27-9-14-34-60(51)67(61)59-33-13-8-26-49(59)44-21-5-2-6-22-44)47-37-39-50-52-28-17-23-45-24-18-31-56(64(45)52)65(57(50)42-47)54-29-10-15-35-62(54)68-63-36-16-11-30-55(63)65/h1-42H. The molecule has 0 bridgehead atoms. The fourth-order valence-corrected chi connectivity index (χ4v) is 12.9. The first-order valence-corrected chi connectivity index (χ1v) is 24.2. The lowest BCUT2D eigenvalue weighted by atomic mass is 9.59. The van der Waals surface area contributed by atoms with E-state index in [2.05, 4.69) is 264 Å². The number of anilines is 3. The molecule has 1 aliphatic carbocycles. The minimum Gasteiger partial charge on any atom is -0.310 e. The van der Waals surface area contributed by atoms with Crippen LogP contribution in [0.25, 0.3) is 71.6 Å². The molecule has 0 saturated heterocycles. The van der Waals surface area contributed by atoms with E-state index in [-0.39, 0.29) is 0 Å². The lowest BCUT2D eigenvalue weighted by molar-refractivity contribution is 0.707. The third kappa shape index (κ3) is 5.66. The molecule has 318 valence electrons. The molecule has 0 saturated carbocycles. The van der Waals surface area contributed by atoms with Crippen molar-refractivity contribution < 1.29 is 0 Å². The van der Waals surface area contributed by atoms with Crippen LogP contribution in [0.4, 0.5) is 17.1 Å². The summed E-state index contributed by atoms with van der Waals surface area (Å²) in [6.45, 7) is 0. The maximum Gasteiger partial charge on any atom is 0.0736 e. The number of fused-ring (bicyclic) bond motifs is 11. The number of nitrogens with zero attached hydrogens (tertiary/aromatic N) is 2. The molecule has 1 aromatic heterocycles. The number of rotatable bonds is 6. The molecule has 0 atom stereocenters. The molecule has 11 aromatic carbocycles. The largest absolute Gasteiger partial charge is 0.310 e. The van der Waals surface area contributed by atoms with Crippen LogP contribution in [0.1, 0.15) is 22.3 Å². The highest BCUT2D eigenvalue weighted by molar-refractivity contribution is 7.99. The van der Waals surface area contributed by atoms with Crippen LogP contribution < -0.4 is 4.90 Å². The van der Waals surface area contributed by atoms with E-state index in [0.29, 0.717) is 0 Å². The van der Waals surface area contributed by atoms with Gasteiger partial charge in [-0.1, -0.05) is 206 Å². The first-order valence-electron chi connectivity index (χ1n) is 23.4. The number of hydrogen-bond acceptors (Lipinski definition) is 2. The highest BCUT2D eigenvalue weighted by Gasteiger charge is 2.48. The minimum absolute atomic E-state index is 0.578. The Morgan fingerprint density at radius 1 is 0.353 bits per heavy atom. The normalized spacial score (nSPS) is 13.1. The van der Waals surface area contributed by atoms with Crippen LogP contribution in [-0.2, 0) is 5.41 Å². The van der Waals surface area contributed by atoms with Crippen molar-refractivity contribution in [2.75, 3.05) is 4.90 Å². The van der Waals surface area contributed by atoms with Gasteiger partial charge in [0, 0.05) is 43.1 Å². The van der Waals surface area contributed by atoms with Crippen LogP contribution in [-0.4, -0.2) is 4.57 Å². The van der Waals surface area contributed by atoms with Gasteiger partial charge in [0.15, 0.2) is 0 Å². The van der Waals surface area contributed by atoms with Crippen molar-refractivity contribution in [3.8, 4) is 39.1 Å². The molecule has 12 aromatic rings. The molecule has 1 spiro atoms. The van der Waals surface area contributed by atoms with Crippen molar-refractivity contribution >= 4 is 61.4 Å².